The Kier molecular flexibility index (Phi) is 11.4. The summed E-state index contributed by atoms with van der Waals surface area (Å²) in [6, 6.07) is 0. The highest BCUT2D eigenvalue weighted by molar-refractivity contribution is 5.81. The Balaban J connectivity index is 3.28. The molecule has 0 rings (SSSR count). The van der Waals surface area contributed by atoms with E-state index in [2.05, 4.69) is 25.7 Å². The van der Waals surface area contributed by atoms with Gasteiger partial charge in [-0.15, -0.1) is 0 Å². The van der Waals surface area contributed by atoms with Gasteiger partial charge in [-0.05, 0) is 18.8 Å². The largest absolute Gasteiger partial charge is 0.387 e. The van der Waals surface area contributed by atoms with Crippen molar-refractivity contribution in [3.05, 3.63) is 12.3 Å². The molecule has 0 aliphatic heterocycles. The predicted octanol–water partition coefficient (Wildman–Crippen LogP) is 2.78. The SMILES string of the molecule is C=C(CCC(C)C)NCCOCCOCC(=O)C(C)C. The lowest BCUT2D eigenvalue weighted by Crippen LogP contribution is -2.21. The average Bonchev–Trinajstić information content (AvgIpc) is 2.38. The van der Waals surface area contributed by atoms with Crippen LogP contribution in [0.5, 0.6) is 0 Å². The number of nitrogens with one attached hydrogen (secondary N) is 1. The number of ketones is 1. The quantitative estimate of drug-likeness (QED) is 0.529. The lowest BCUT2D eigenvalue weighted by molar-refractivity contribution is -0.127. The highest BCUT2D eigenvalue weighted by Crippen LogP contribution is 2.07. The van der Waals surface area contributed by atoms with E-state index in [0.717, 1.165) is 25.1 Å². The lowest BCUT2D eigenvalue weighted by Gasteiger charge is -2.11. The van der Waals surface area contributed by atoms with Gasteiger partial charge in [0.25, 0.3) is 0 Å². The standard InChI is InChI=1S/C16H31NO3/c1-13(2)6-7-15(5)17-8-9-19-10-11-20-12-16(18)14(3)4/h13-14,17H,5-12H2,1-4H3. The van der Waals surface area contributed by atoms with Gasteiger partial charge in [0.1, 0.15) is 6.61 Å². The van der Waals surface area contributed by atoms with Crippen LogP contribution in [0, 0.1) is 11.8 Å². The number of rotatable bonds is 13. The maximum absolute atomic E-state index is 11.3. The second-order valence-electron chi connectivity index (χ2n) is 5.75. The third-order valence-corrected chi connectivity index (χ3v) is 2.91. The molecule has 0 aliphatic carbocycles. The van der Waals surface area contributed by atoms with Crippen molar-refractivity contribution in [3.8, 4) is 0 Å². The maximum atomic E-state index is 11.3. The minimum Gasteiger partial charge on any atom is -0.387 e. The smallest absolute Gasteiger partial charge is 0.160 e. The summed E-state index contributed by atoms with van der Waals surface area (Å²) >= 11 is 0. The van der Waals surface area contributed by atoms with Crippen molar-refractivity contribution in [2.75, 3.05) is 33.0 Å². The maximum Gasteiger partial charge on any atom is 0.160 e. The highest BCUT2D eigenvalue weighted by Gasteiger charge is 2.06. The van der Waals surface area contributed by atoms with Crippen LogP contribution < -0.4 is 5.32 Å². The van der Waals surface area contributed by atoms with E-state index in [1.54, 1.807) is 0 Å². The molecular weight excluding hydrogens is 254 g/mol. The van der Waals surface area contributed by atoms with Crippen molar-refractivity contribution < 1.29 is 14.3 Å². The monoisotopic (exact) mass is 285 g/mol. The molecule has 4 heteroatoms. The second-order valence-corrected chi connectivity index (χ2v) is 5.75. The van der Waals surface area contributed by atoms with Gasteiger partial charge in [0, 0.05) is 18.2 Å². The number of carbonyl (C=O) groups excluding carboxylic acids is 1. The summed E-state index contributed by atoms with van der Waals surface area (Å²) in [6.07, 6.45) is 2.17. The minimum atomic E-state index is 0.0389. The molecule has 0 unspecified atom stereocenters. The highest BCUT2D eigenvalue weighted by atomic mass is 16.5. The second kappa shape index (κ2) is 11.9. The van der Waals surface area contributed by atoms with Crippen molar-refractivity contribution in [1.29, 1.82) is 0 Å². The molecular formula is C16H31NO3. The van der Waals surface area contributed by atoms with Gasteiger partial charge < -0.3 is 14.8 Å². The molecule has 0 aliphatic rings. The first-order valence-corrected chi connectivity index (χ1v) is 7.53. The fraction of sp³-hybridized carbons (Fsp3) is 0.812. The minimum absolute atomic E-state index is 0.0389. The molecule has 0 aromatic rings. The van der Waals surface area contributed by atoms with Crippen molar-refractivity contribution in [2.45, 2.75) is 40.5 Å². The van der Waals surface area contributed by atoms with Crippen molar-refractivity contribution in [2.24, 2.45) is 11.8 Å². The normalized spacial score (nSPS) is 11.1. The molecule has 0 atom stereocenters. The van der Waals surface area contributed by atoms with Gasteiger partial charge in [-0.25, -0.2) is 0 Å². The Morgan fingerprint density at radius 1 is 1.10 bits per heavy atom. The average molecular weight is 285 g/mol. The van der Waals surface area contributed by atoms with Gasteiger partial charge in [-0.3, -0.25) is 4.79 Å². The van der Waals surface area contributed by atoms with Crippen molar-refractivity contribution >= 4 is 5.78 Å². The van der Waals surface area contributed by atoms with Crippen LogP contribution in [0.4, 0.5) is 0 Å². The molecule has 0 saturated heterocycles. The molecule has 0 bridgehead atoms. The van der Waals surface area contributed by atoms with Gasteiger partial charge in [0.2, 0.25) is 0 Å². The topological polar surface area (TPSA) is 47.6 Å². The molecule has 0 spiro atoms. The zero-order chi connectivity index (χ0) is 15.4. The van der Waals surface area contributed by atoms with Gasteiger partial charge in [0.15, 0.2) is 5.78 Å². The summed E-state index contributed by atoms with van der Waals surface area (Å²) in [6.45, 7) is 14.7. The zero-order valence-corrected chi connectivity index (χ0v) is 13.5. The summed E-state index contributed by atoms with van der Waals surface area (Å²) in [7, 11) is 0. The van der Waals surface area contributed by atoms with E-state index in [-0.39, 0.29) is 18.3 Å². The molecule has 20 heavy (non-hydrogen) atoms. The molecule has 1 N–H and O–H groups in total. The fourth-order valence-electron chi connectivity index (χ4n) is 1.41. The summed E-state index contributed by atoms with van der Waals surface area (Å²) in [5, 5.41) is 3.25. The Hall–Kier alpha value is -0.870. The lowest BCUT2D eigenvalue weighted by atomic mass is 10.1. The van der Waals surface area contributed by atoms with Gasteiger partial charge in [0.05, 0.1) is 19.8 Å². The van der Waals surface area contributed by atoms with E-state index < -0.39 is 0 Å². The number of ether oxygens (including phenoxy) is 2. The summed E-state index contributed by atoms with van der Waals surface area (Å²) < 4.78 is 10.6. The first kappa shape index (κ1) is 19.1. The van der Waals surface area contributed by atoms with Gasteiger partial charge in [-0.2, -0.15) is 0 Å². The van der Waals surface area contributed by atoms with Crippen LogP contribution in [0.25, 0.3) is 0 Å². The molecule has 0 aromatic carbocycles. The molecule has 0 amide bonds. The fourth-order valence-corrected chi connectivity index (χ4v) is 1.41. The van der Waals surface area contributed by atoms with E-state index in [1.807, 2.05) is 13.8 Å². The molecule has 0 saturated carbocycles. The number of carbonyl (C=O) groups is 1. The van der Waals surface area contributed by atoms with E-state index in [0.29, 0.717) is 25.7 Å². The van der Waals surface area contributed by atoms with Crippen LogP contribution >= 0.6 is 0 Å². The van der Waals surface area contributed by atoms with Gasteiger partial charge in [-0.1, -0.05) is 34.3 Å². The number of allylic oxidation sites excluding steroid dienone is 1. The van der Waals surface area contributed by atoms with E-state index in [4.69, 9.17) is 9.47 Å². The summed E-state index contributed by atoms with van der Waals surface area (Å²) in [5.74, 6) is 0.876. The number of hydrogen-bond acceptors (Lipinski definition) is 4. The van der Waals surface area contributed by atoms with Crippen LogP contribution in [-0.4, -0.2) is 38.8 Å². The van der Waals surface area contributed by atoms with Crippen LogP contribution in [0.15, 0.2) is 12.3 Å². The predicted molar refractivity (Wildman–Crippen MR) is 82.7 cm³/mol. The first-order chi connectivity index (χ1) is 9.43. The number of hydrogen-bond donors (Lipinski definition) is 1. The van der Waals surface area contributed by atoms with Crippen LogP contribution in [-0.2, 0) is 14.3 Å². The Bertz CT molecular complexity index is 275. The Labute approximate surface area is 123 Å². The summed E-state index contributed by atoms with van der Waals surface area (Å²) in [5.41, 5.74) is 1.07. The van der Waals surface area contributed by atoms with Gasteiger partial charge >= 0.3 is 0 Å². The zero-order valence-electron chi connectivity index (χ0n) is 13.5. The van der Waals surface area contributed by atoms with E-state index in [9.17, 15) is 4.79 Å². The molecule has 0 fully saturated rings. The number of Topliss-reactive ketones (excluding diaryl/α,β-unsaturated/α-hetero) is 1. The molecule has 0 radical (unpaired) electrons. The molecule has 118 valence electrons. The van der Waals surface area contributed by atoms with Crippen LogP contribution in [0.3, 0.4) is 0 Å². The Morgan fingerprint density at radius 2 is 1.75 bits per heavy atom. The summed E-state index contributed by atoms with van der Waals surface area (Å²) in [4.78, 5) is 11.3. The third kappa shape index (κ3) is 12.2. The van der Waals surface area contributed by atoms with Crippen LogP contribution in [0.2, 0.25) is 0 Å². The first-order valence-electron chi connectivity index (χ1n) is 7.53. The van der Waals surface area contributed by atoms with Crippen molar-refractivity contribution in [1.82, 2.24) is 5.32 Å². The molecule has 0 aromatic heterocycles. The third-order valence-electron chi connectivity index (χ3n) is 2.91. The molecule has 4 nitrogen and oxygen atoms in total. The van der Waals surface area contributed by atoms with Crippen molar-refractivity contribution in [3.63, 3.8) is 0 Å². The van der Waals surface area contributed by atoms with E-state index >= 15 is 0 Å². The van der Waals surface area contributed by atoms with E-state index in [1.165, 1.54) is 0 Å². The molecule has 0 heterocycles. The Morgan fingerprint density at radius 3 is 2.35 bits per heavy atom. The van der Waals surface area contributed by atoms with Crippen LogP contribution in [0.1, 0.15) is 40.5 Å².